The zero-order chi connectivity index (χ0) is 37.3. The normalized spacial score (nSPS) is 14.9. The van der Waals surface area contributed by atoms with Crippen LogP contribution in [0, 0.1) is 6.92 Å². The molecule has 262 valence electrons. The number of benzene rings is 6. The minimum Gasteiger partial charge on any atom is -0.310 e. The molecule has 0 saturated heterocycles. The lowest BCUT2D eigenvalue weighted by atomic mass is 9.80. The Hall–Kier alpha value is -6.62. The molecule has 1 heteroatoms. The fraction of sp³-hybridized carbons (Fsp3) is 0.111. The van der Waals surface area contributed by atoms with Crippen LogP contribution in [0.5, 0.6) is 0 Å². The number of hydrogen-bond acceptors (Lipinski definition) is 1. The lowest BCUT2D eigenvalue weighted by Crippen LogP contribution is -2.17. The van der Waals surface area contributed by atoms with Crippen LogP contribution in [0.4, 0.5) is 11.4 Å². The first-order valence-electron chi connectivity index (χ1n) is 19.3. The average molecular weight is 704 g/mol. The van der Waals surface area contributed by atoms with E-state index in [9.17, 15) is 0 Å². The van der Waals surface area contributed by atoms with Crippen LogP contribution < -0.4 is 4.90 Å². The number of anilines is 2. The second kappa shape index (κ2) is 12.8. The molecule has 0 spiro atoms. The van der Waals surface area contributed by atoms with E-state index >= 15 is 0 Å². The molecule has 10 rings (SSSR count). The Morgan fingerprint density at radius 1 is 0.691 bits per heavy atom. The largest absolute Gasteiger partial charge is 0.310 e. The van der Waals surface area contributed by atoms with Gasteiger partial charge in [0.25, 0.3) is 0 Å². The van der Waals surface area contributed by atoms with Crippen LogP contribution in [-0.4, -0.2) is 0 Å². The average Bonchev–Trinajstić information content (AvgIpc) is 3.68. The van der Waals surface area contributed by atoms with Crippen molar-refractivity contribution < 1.29 is 0 Å². The number of fused-ring (bicyclic) bond motifs is 12. The van der Waals surface area contributed by atoms with E-state index in [0.29, 0.717) is 0 Å². The lowest BCUT2D eigenvalue weighted by molar-refractivity contribution is 0.654. The Labute approximate surface area is 324 Å². The van der Waals surface area contributed by atoms with E-state index in [2.05, 4.69) is 195 Å². The number of rotatable bonds is 7. The summed E-state index contributed by atoms with van der Waals surface area (Å²) in [6, 6.07) is 45.2. The van der Waals surface area contributed by atoms with Crippen molar-refractivity contribution >= 4 is 16.9 Å². The van der Waals surface area contributed by atoms with E-state index in [1.54, 1.807) is 0 Å². The molecule has 55 heavy (non-hydrogen) atoms. The van der Waals surface area contributed by atoms with E-state index in [4.69, 9.17) is 0 Å². The van der Waals surface area contributed by atoms with Gasteiger partial charge in [0.05, 0.1) is 5.69 Å². The standard InChI is InChI=1S/C54H41N/c1-5-15-39(18-14-16-36-26-30-51-49(32-36)46-23-12-13-25-50(46)54(51,3)4)55(40-28-27-38-33-37-17-6-7-19-42(37)48(38)34-40)52-31-29-41-35(2)53(52)47-24-11-10-22-45(47)44-21-9-8-20-43(41)44/h5-11,14-15,17-32,34H,1,16,33H2,2-4H3/b18-14-,39-15+. The fourth-order valence-electron chi connectivity index (χ4n) is 9.48. The van der Waals surface area contributed by atoms with Crippen LogP contribution in [-0.2, 0) is 18.3 Å². The second-order valence-corrected chi connectivity index (χ2v) is 15.6. The second-order valence-electron chi connectivity index (χ2n) is 15.6. The summed E-state index contributed by atoms with van der Waals surface area (Å²) in [4.78, 5) is 2.45. The molecule has 0 saturated carbocycles. The van der Waals surface area contributed by atoms with E-state index in [-0.39, 0.29) is 5.41 Å². The van der Waals surface area contributed by atoms with Crippen LogP contribution in [0.3, 0.4) is 0 Å². The molecule has 0 heterocycles. The Kier molecular flexibility index (Phi) is 7.65. The predicted octanol–water partition coefficient (Wildman–Crippen LogP) is 13.8. The molecule has 1 nitrogen and oxygen atoms in total. The van der Waals surface area contributed by atoms with Crippen molar-refractivity contribution in [3.8, 4) is 44.5 Å². The molecule has 2 bridgehead atoms. The van der Waals surface area contributed by atoms with Gasteiger partial charge in [-0.2, -0.15) is 0 Å². The Morgan fingerprint density at radius 2 is 1.38 bits per heavy atom. The third kappa shape index (κ3) is 5.17. The molecule has 0 N–H and O–H groups in total. The first kappa shape index (κ1) is 33.0. The van der Waals surface area contributed by atoms with Crippen LogP contribution in [0.25, 0.3) is 50.1 Å². The van der Waals surface area contributed by atoms with Gasteiger partial charge in [-0.25, -0.2) is 0 Å². The summed E-state index contributed by atoms with van der Waals surface area (Å²) in [6.45, 7) is 11.1. The molecular weight excluding hydrogens is 663 g/mol. The maximum Gasteiger partial charge on any atom is 0.0543 e. The molecule has 0 unspecified atom stereocenters. The predicted molar refractivity (Wildman–Crippen MR) is 232 cm³/mol. The number of nitrogens with zero attached hydrogens (tertiary/aromatic N) is 1. The fourth-order valence-corrected chi connectivity index (χ4v) is 9.48. The summed E-state index contributed by atoms with van der Waals surface area (Å²) >= 11 is 0. The number of hydrogen-bond donors (Lipinski definition) is 0. The molecule has 4 aliphatic carbocycles. The summed E-state index contributed by atoms with van der Waals surface area (Å²) < 4.78 is 0. The molecule has 0 fully saturated rings. The first-order valence-corrected chi connectivity index (χ1v) is 19.3. The van der Waals surface area contributed by atoms with Crippen molar-refractivity contribution in [2.24, 2.45) is 0 Å². The summed E-state index contributed by atoms with van der Waals surface area (Å²) in [5, 5.41) is 0. The van der Waals surface area contributed by atoms with E-state index in [1.807, 2.05) is 6.08 Å². The molecule has 0 atom stereocenters. The Morgan fingerprint density at radius 3 is 2.18 bits per heavy atom. The van der Waals surface area contributed by atoms with Crippen molar-refractivity contribution in [2.75, 3.05) is 4.90 Å². The van der Waals surface area contributed by atoms with Gasteiger partial charge in [-0.3, -0.25) is 0 Å². The molecular formula is C54H41N. The molecule has 4 aliphatic rings. The van der Waals surface area contributed by atoms with Gasteiger partial charge >= 0.3 is 0 Å². The van der Waals surface area contributed by atoms with Gasteiger partial charge in [0.2, 0.25) is 0 Å². The van der Waals surface area contributed by atoms with Crippen molar-refractivity contribution in [2.45, 2.75) is 39.0 Å². The lowest BCUT2D eigenvalue weighted by Gasteiger charge is -2.30. The summed E-state index contributed by atoms with van der Waals surface area (Å²) in [6.07, 6.45) is 14.6. The highest BCUT2D eigenvalue weighted by Crippen LogP contribution is 2.52. The van der Waals surface area contributed by atoms with E-state index < -0.39 is 0 Å². The Bertz CT molecular complexity index is 2840. The van der Waals surface area contributed by atoms with Gasteiger partial charge in [-0.05, 0) is 146 Å². The van der Waals surface area contributed by atoms with Gasteiger partial charge in [0.1, 0.15) is 0 Å². The molecule has 6 aromatic rings. The van der Waals surface area contributed by atoms with Crippen molar-refractivity contribution in [3.63, 3.8) is 0 Å². The smallest absolute Gasteiger partial charge is 0.0543 e. The highest BCUT2D eigenvalue weighted by Gasteiger charge is 2.36. The van der Waals surface area contributed by atoms with Gasteiger partial charge < -0.3 is 4.90 Å². The number of allylic oxidation sites excluding steroid dienone is 8. The molecule has 0 aliphatic heterocycles. The highest BCUT2D eigenvalue weighted by atomic mass is 15.1. The molecule has 6 aromatic carbocycles. The van der Waals surface area contributed by atoms with Crippen molar-refractivity contribution in [3.05, 3.63) is 220 Å². The maximum absolute atomic E-state index is 4.22. The third-order valence-electron chi connectivity index (χ3n) is 12.1. The van der Waals surface area contributed by atoms with Crippen molar-refractivity contribution in [1.29, 1.82) is 0 Å². The molecule has 0 radical (unpaired) electrons. The first-order chi connectivity index (χ1) is 26.9. The van der Waals surface area contributed by atoms with Gasteiger partial charge in [-0.1, -0.05) is 147 Å². The molecule has 0 aromatic heterocycles. The van der Waals surface area contributed by atoms with Gasteiger partial charge in [-0.15, -0.1) is 0 Å². The summed E-state index contributed by atoms with van der Waals surface area (Å²) in [7, 11) is 0. The molecule has 0 amide bonds. The zero-order valence-corrected chi connectivity index (χ0v) is 31.6. The maximum atomic E-state index is 4.22. The van der Waals surface area contributed by atoms with Crippen LogP contribution in [0.1, 0.15) is 47.2 Å². The monoisotopic (exact) mass is 703 g/mol. The minimum absolute atomic E-state index is 0.0474. The van der Waals surface area contributed by atoms with E-state index in [1.165, 1.54) is 89.0 Å². The SMILES string of the molecule is C=C/C=C(\C=C/Cc1ccc2c(c1)C1=C(C=C=C=C1)C2(C)C)N(c1ccc2c(c1)-c1ccccc1C2)c1ccc2c(C)c1-c1ccccc1-c1ccccc1-2. The minimum atomic E-state index is -0.0474. The van der Waals surface area contributed by atoms with E-state index in [0.717, 1.165) is 29.9 Å². The quantitative estimate of drug-likeness (QED) is 0.118. The summed E-state index contributed by atoms with van der Waals surface area (Å²) in [5.41, 5.74) is 30.5. The van der Waals surface area contributed by atoms with Gasteiger partial charge in [0.15, 0.2) is 0 Å². The van der Waals surface area contributed by atoms with Crippen molar-refractivity contribution in [1.82, 2.24) is 0 Å². The van der Waals surface area contributed by atoms with Crippen LogP contribution in [0.15, 0.2) is 187 Å². The zero-order valence-electron chi connectivity index (χ0n) is 31.6. The topological polar surface area (TPSA) is 3.24 Å². The third-order valence-corrected chi connectivity index (χ3v) is 12.1. The Balaban J connectivity index is 1.12. The van der Waals surface area contributed by atoms with Crippen LogP contribution >= 0.6 is 0 Å². The van der Waals surface area contributed by atoms with Crippen LogP contribution in [0.2, 0.25) is 0 Å². The summed E-state index contributed by atoms with van der Waals surface area (Å²) in [5.74, 6) is 0. The van der Waals surface area contributed by atoms with Gasteiger partial charge in [0, 0.05) is 22.4 Å². The highest BCUT2D eigenvalue weighted by molar-refractivity contribution is 6.03.